The van der Waals surface area contributed by atoms with Crippen LogP contribution in [0.25, 0.3) is 16.6 Å². The lowest BCUT2D eigenvalue weighted by molar-refractivity contribution is -0.147. The van der Waals surface area contributed by atoms with E-state index in [0.29, 0.717) is 11.9 Å². The number of aliphatic hydroxyl groups is 1. The van der Waals surface area contributed by atoms with Gasteiger partial charge >= 0.3 is 12.0 Å². The largest absolute Gasteiger partial charge is 0.507 e. The molecule has 10 heteroatoms. The van der Waals surface area contributed by atoms with Gasteiger partial charge in [-0.2, -0.15) is 5.26 Å². The van der Waals surface area contributed by atoms with Crippen molar-refractivity contribution in [2.75, 3.05) is 13.2 Å². The lowest BCUT2D eigenvalue weighted by Crippen LogP contribution is -2.43. The summed E-state index contributed by atoms with van der Waals surface area (Å²) in [6.45, 7) is 2.12. The fourth-order valence-electron chi connectivity index (χ4n) is 3.14. The first-order chi connectivity index (χ1) is 14.2. The van der Waals surface area contributed by atoms with Crippen LogP contribution in [-0.2, 0) is 21.4 Å². The van der Waals surface area contributed by atoms with Gasteiger partial charge in [-0.25, -0.2) is 9.78 Å². The van der Waals surface area contributed by atoms with Crippen molar-refractivity contribution < 1.29 is 24.2 Å². The number of para-hydroxylation sites is 2. The maximum atomic E-state index is 12.3. The molecule has 0 spiro atoms. The predicted molar refractivity (Wildman–Crippen MR) is 106 cm³/mol. The average Bonchev–Trinajstić information content (AvgIpc) is 3.16. The van der Waals surface area contributed by atoms with Gasteiger partial charge in [-0.1, -0.05) is 19.1 Å². The Morgan fingerprint density at radius 1 is 1.37 bits per heavy atom. The Labute approximate surface area is 172 Å². The van der Waals surface area contributed by atoms with Gasteiger partial charge in [0.15, 0.2) is 11.6 Å². The van der Waals surface area contributed by atoms with E-state index in [1.807, 2.05) is 18.2 Å². The third-order valence-corrected chi connectivity index (χ3v) is 5.12. The summed E-state index contributed by atoms with van der Waals surface area (Å²) in [4.78, 5) is 41.5. The standard InChI is InChI=1S/C20H21N5O5/c1-4-20(2)18(28)25(19(29)23-20)10-16(27)30-11-15(26)12(9-21)17-22-13-7-5-6-8-14(13)24(17)3/h5-8,26H,4,10-11H2,1-3H3,(H,23,29)/b15-12-/t20-/m1/s1. The molecule has 0 bridgehead atoms. The molecule has 30 heavy (non-hydrogen) atoms. The molecule has 1 aliphatic heterocycles. The Morgan fingerprint density at radius 2 is 2.07 bits per heavy atom. The zero-order valence-corrected chi connectivity index (χ0v) is 16.8. The Morgan fingerprint density at radius 3 is 2.67 bits per heavy atom. The van der Waals surface area contributed by atoms with Crippen LogP contribution in [0.1, 0.15) is 26.1 Å². The van der Waals surface area contributed by atoms with Gasteiger partial charge < -0.3 is 19.7 Å². The van der Waals surface area contributed by atoms with E-state index in [-0.39, 0.29) is 11.4 Å². The van der Waals surface area contributed by atoms with E-state index in [9.17, 15) is 24.8 Å². The summed E-state index contributed by atoms with van der Waals surface area (Å²) in [5.41, 5.74) is 0.204. The first kappa shape index (κ1) is 20.9. The second-order valence-corrected chi connectivity index (χ2v) is 7.08. The summed E-state index contributed by atoms with van der Waals surface area (Å²) in [5, 5.41) is 22.3. The van der Waals surface area contributed by atoms with E-state index in [1.165, 1.54) is 0 Å². The minimum Gasteiger partial charge on any atom is -0.507 e. The van der Waals surface area contributed by atoms with Crippen molar-refractivity contribution in [3.63, 3.8) is 0 Å². The molecule has 3 amide bonds. The second kappa shape index (κ2) is 7.87. The molecule has 0 saturated carbocycles. The summed E-state index contributed by atoms with van der Waals surface area (Å²) in [7, 11) is 1.70. The third kappa shape index (κ3) is 3.57. The van der Waals surface area contributed by atoms with Crippen molar-refractivity contribution in [2.24, 2.45) is 7.05 Å². The zero-order chi connectivity index (χ0) is 22.1. The maximum absolute atomic E-state index is 12.3. The molecule has 2 aromatic rings. The van der Waals surface area contributed by atoms with Crippen molar-refractivity contribution in [1.82, 2.24) is 19.8 Å². The number of amides is 3. The molecule has 1 fully saturated rings. The van der Waals surface area contributed by atoms with Gasteiger partial charge in [0.05, 0.1) is 11.0 Å². The smallest absolute Gasteiger partial charge is 0.326 e. The van der Waals surface area contributed by atoms with Crippen LogP contribution in [0.15, 0.2) is 30.0 Å². The van der Waals surface area contributed by atoms with Crippen LogP contribution < -0.4 is 5.32 Å². The molecule has 1 saturated heterocycles. The summed E-state index contributed by atoms with van der Waals surface area (Å²) < 4.78 is 6.62. The van der Waals surface area contributed by atoms with E-state index in [1.54, 1.807) is 37.6 Å². The van der Waals surface area contributed by atoms with E-state index in [0.717, 1.165) is 10.4 Å². The molecule has 1 aromatic heterocycles. The normalized spacial score (nSPS) is 19.5. The molecule has 156 valence electrons. The van der Waals surface area contributed by atoms with Gasteiger partial charge in [-0.15, -0.1) is 0 Å². The van der Waals surface area contributed by atoms with Gasteiger partial charge in [0.25, 0.3) is 5.91 Å². The molecule has 0 unspecified atom stereocenters. The topological polar surface area (TPSA) is 138 Å². The molecule has 1 atom stereocenters. The third-order valence-electron chi connectivity index (χ3n) is 5.12. The first-order valence-corrected chi connectivity index (χ1v) is 9.25. The Bertz CT molecular complexity index is 1110. The molecule has 1 aromatic carbocycles. The Kier molecular flexibility index (Phi) is 5.47. The molecular formula is C20H21N5O5. The number of carbonyl (C=O) groups excluding carboxylic acids is 3. The average molecular weight is 411 g/mol. The van der Waals surface area contributed by atoms with E-state index >= 15 is 0 Å². The highest BCUT2D eigenvalue weighted by molar-refractivity contribution is 6.08. The molecule has 10 nitrogen and oxygen atoms in total. The number of imidazole rings is 1. The molecule has 0 aliphatic carbocycles. The van der Waals surface area contributed by atoms with E-state index in [2.05, 4.69) is 10.3 Å². The zero-order valence-electron chi connectivity index (χ0n) is 16.8. The van der Waals surface area contributed by atoms with Crippen LogP contribution in [0.5, 0.6) is 0 Å². The lowest BCUT2D eigenvalue weighted by atomic mass is 9.99. The van der Waals surface area contributed by atoms with Crippen LogP contribution >= 0.6 is 0 Å². The summed E-state index contributed by atoms with van der Waals surface area (Å²) in [6.07, 6.45) is 0.371. The number of nitriles is 1. The molecule has 1 aliphatic rings. The fraction of sp³-hybridized carbons (Fsp3) is 0.350. The number of nitrogens with zero attached hydrogens (tertiary/aromatic N) is 4. The molecular weight excluding hydrogens is 390 g/mol. The van der Waals surface area contributed by atoms with Crippen LogP contribution in [0.2, 0.25) is 0 Å². The number of aliphatic hydroxyl groups excluding tert-OH is 1. The number of fused-ring (bicyclic) bond motifs is 1. The van der Waals surface area contributed by atoms with Gasteiger partial charge in [0.2, 0.25) is 0 Å². The molecule has 0 radical (unpaired) electrons. The van der Waals surface area contributed by atoms with Crippen LogP contribution in [0, 0.1) is 11.3 Å². The highest BCUT2D eigenvalue weighted by Gasteiger charge is 2.47. The fourth-order valence-corrected chi connectivity index (χ4v) is 3.14. The minimum absolute atomic E-state index is 0.143. The number of urea groups is 1. The van der Waals surface area contributed by atoms with Crippen LogP contribution in [-0.4, -0.2) is 56.2 Å². The second-order valence-electron chi connectivity index (χ2n) is 7.08. The van der Waals surface area contributed by atoms with Crippen molar-refractivity contribution in [1.29, 1.82) is 5.26 Å². The number of carbonyl (C=O) groups is 3. The summed E-state index contributed by atoms with van der Waals surface area (Å²) in [5.74, 6) is -1.68. The number of rotatable bonds is 6. The minimum atomic E-state index is -1.06. The Hall–Kier alpha value is -3.87. The van der Waals surface area contributed by atoms with Crippen molar-refractivity contribution in [3.8, 4) is 6.07 Å². The van der Waals surface area contributed by atoms with Gasteiger partial charge in [0, 0.05) is 7.05 Å². The van der Waals surface area contributed by atoms with Crippen molar-refractivity contribution in [3.05, 3.63) is 35.8 Å². The summed E-state index contributed by atoms with van der Waals surface area (Å²) in [6, 6.07) is 8.41. The highest BCUT2D eigenvalue weighted by Crippen LogP contribution is 2.23. The number of benzene rings is 1. The number of imide groups is 1. The highest BCUT2D eigenvalue weighted by atomic mass is 16.5. The summed E-state index contributed by atoms with van der Waals surface area (Å²) >= 11 is 0. The molecule has 3 rings (SSSR count). The number of nitrogens with one attached hydrogen (secondary N) is 1. The number of ether oxygens (including phenoxy) is 1. The van der Waals surface area contributed by atoms with Crippen molar-refractivity contribution >= 4 is 34.5 Å². The number of hydrogen-bond donors (Lipinski definition) is 2. The lowest BCUT2D eigenvalue weighted by Gasteiger charge is -2.18. The van der Waals surface area contributed by atoms with Crippen LogP contribution in [0.3, 0.4) is 0 Å². The number of hydrogen-bond acceptors (Lipinski definition) is 7. The number of aryl methyl sites for hydroxylation is 1. The number of esters is 1. The van der Waals surface area contributed by atoms with Gasteiger partial charge in [-0.3, -0.25) is 14.5 Å². The number of aromatic nitrogens is 2. The van der Waals surface area contributed by atoms with E-state index < -0.39 is 42.4 Å². The number of allylic oxidation sites excluding steroid dienone is 1. The van der Waals surface area contributed by atoms with E-state index in [4.69, 9.17) is 4.74 Å². The van der Waals surface area contributed by atoms with Crippen LogP contribution in [0.4, 0.5) is 4.79 Å². The van der Waals surface area contributed by atoms with Crippen molar-refractivity contribution in [2.45, 2.75) is 25.8 Å². The SMILES string of the molecule is CC[C@@]1(C)NC(=O)N(CC(=O)OC/C(O)=C(\C#N)c2nc3ccccc3n2C)C1=O. The maximum Gasteiger partial charge on any atom is 0.326 e. The monoisotopic (exact) mass is 411 g/mol. The van der Waals surface area contributed by atoms with Gasteiger partial charge in [0.1, 0.15) is 30.3 Å². The predicted octanol–water partition coefficient (Wildman–Crippen LogP) is 1.63. The molecule has 2 N–H and O–H groups in total. The Balaban J connectivity index is 1.72. The first-order valence-electron chi connectivity index (χ1n) is 9.25. The molecule has 2 heterocycles. The quantitative estimate of drug-likeness (QED) is 0.319. The van der Waals surface area contributed by atoms with Gasteiger partial charge in [-0.05, 0) is 25.5 Å².